The van der Waals surface area contributed by atoms with Crippen LogP contribution in [-0.2, 0) is 17.4 Å². The lowest BCUT2D eigenvalue weighted by Gasteiger charge is -2.16. The molecule has 172 valence electrons. The van der Waals surface area contributed by atoms with Crippen LogP contribution < -0.4 is 10.6 Å². The van der Waals surface area contributed by atoms with Crippen molar-refractivity contribution in [3.05, 3.63) is 94.3 Å². The summed E-state index contributed by atoms with van der Waals surface area (Å²) in [5, 5.41) is 4.68. The van der Waals surface area contributed by atoms with Gasteiger partial charge in [0, 0.05) is 17.7 Å². The van der Waals surface area contributed by atoms with Crippen LogP contribution in [0.5, 0.6) is 0 Å². The Bertz CT molecular complexity index is 1170. The number of benzene rings is 3. The van der Waals surface area contributed by atoms with E-state index in [2.05, 4.69) is 10.6 Å². The van der Waals surface area contributed by atoms with Crippen molar-refractivity contribution in [3.63, 3.8) is 0 Å². The predicted molar refractivity (Wildman–Crippen MR) is 119 cm³/mol. The van der Waals surface area contributed by atoms with Crippen LogP contribution in [0, 0.1) is 19.7 Å². The Morgan fingerprint density at radius 2 is 1.58 bits per heavy atom. The van der Waals surface area contributed by atoms with Crippen LogP contribution in [-0.4, -0.2) is 11.8 Å². The predicted octanol–water partition coefficient (Wildman–Crippen LogP) is 6.28. The number of hydrogen-bond donors (Lipinski definition) is 2. The molecule has 0 unspecified atom stereocenters. The average Bonchev–Trinajstić information content (AvgIpc) is 2.74. The van der Waals surface area contributed by atoms with Gasteiger partial charge in [0.15, 0.2) is 0 Å². The molecule has 0 heterocycles. The van der Waals surface area contributed by atoms with E-state index in [4.69, 9.17) is 0 Å². The van der Waals surface area contributed by atoms with E-state index in [-0.39, 0.29) is 17.7 Å². The molecule has 2 N–H and O–H groups in total. The molecule has 2 amide bonds. The molecule has 0 atom stereocenters. The fraction of sp³-hybridized carbons (Fsp3) is 0.200. The zero-order valence-corrected chi connectivity index (χ0v) is 18.0. The molecule has 0 saturated carbocycles. The standard InChI is InChI=1S/C25H22F4N2O2/c1-15-3-4-17(16(2)13-15)7-12-23(32)31-22-11-10-20(14-21(22)25(27,28)29)30-24(33)18-5-8-19(26)9-6-18/h3-6,8-11,13-14H,7,12H2,1-2H3,(H,30,33)(H,31,32). The summed E-state index contributed by atoms with van der Waals surface area (Å²) in [4.78, 5) is 24.6. The minimum Gasteiger partial charge on any atom is -0.325 e. The van der Waals surface area contributed by atoms with E-state index in [0.717, 1.165) is 41.0 Å². The van der Waals surface area contributed by atoms with Gasteiger partial charge in [0.1, 0.15) is 5.82 Å². The van der Waals surface area contributed by atoms with Gasteiger partial charge in [0.05, 0.1) is 11.3 Å². The van der Waals surface area contributed by atoms with Gasteiger partial charge in [-0.05, 0) is 73.9 Å². The van der Waals surface area contributed by atoms with Gasteiger partial charge in [0.2, 0.25) is 5.91 Å². The van der Waals surface area contributed by atoms with E-state index in [1.54, 1.807) is 0 Å². The van der Waals surface area contributed by atoms with Crippen molar-refractivity contribution in [1.29, 1.82) is 0 Å². The van der Waals surface area contributed by atoms with Crippen LogP contribution in [0.4, 0.5) is 28.9 Å². The van der Waals surface area contributed by atoms with E-state index in [9.17, 15) is 27.2 Å². The second-order valence-electron chi connectivity index (χ2n) is 7.70. The minimum absolute atomic E-state index is 0.0181. The van der Waals surface area contributed by atoms with Crippen LogP contribution in [0.25, 0.3) is 0 Å². The molecule has 0 aromatic heterocycles. The fourth-order valence-electron chi connectivity index (χ4n) is 3.36. The lowest BCUT2D eigenvalue weighted by Crippen LogP contribution is -2.18. The normalized spacial score (nSPS) is 11.2. The average molecular weight is 458 g/mol. The number of aryl methyl sites for hydroxylation is 3. The lowest BCUT2D eigenvalue weighted by atomic mass is 10.0. The fourth-order valence-corrected chi connectivity index (χ4v) is 3.36. The molecule has 33 heavy (non-hydrogen) atoms. The van der Waals surface area contributed by atoms with Crippen LogP contribution in [0.3, 0.4) is 0 Å². The number of hydrogen-bond acceptors (Lipinski definition) is 2. The number of carbonyl (C=O) groups excluding carboxylic acids is 2. The first kappa shape index (κ1) is 24.0. The summed E-state index contributed by atoms with van der Waals surface area (Å²) in [5.74, 6) is -1.78. The maximum absolute atomic E-state index is 13.6. The van der Waals surface area contributed by atoms with Crippen molar-refractivity contribution >= 4 is 23.2 Å². The number of nitrogens with one attached hydrogen (secondary N) is 2. The monoisotopic (exact) mass is 458 g/mol. The van der Waals surface area contributed by atoms with E-state index in [1.807, 2.05) is 32.0 Å². The largest absolute Gasteiger partial charge is 0.418 e. The molecule has 0 aliphatic carbocycles. The summed E-state index contributed by atoms with van der Waals surface area (Å²) < 4.78 is 53.9. The summed E-state index contributed by atoms with van der Waals surface area (Å²) in [6.45, 7) is 3.87. The maximum atomic E-state index is 13.6. The highest BCUT2D eigenvalue weighted by atomic mass is 19.4. The van der Waals surface area contributed by atoms with Crippen molar-refractivity contribution in [1.82, 2.24) is 0 Å². The first-order chi connectivity index (χ1) is 15.5. The quantitative estimate of drug-likeness (QED) is 0.427. The number of alkyl halides is 3. The second kappa shape index (κ2) is 9.85. The molecular formula is C25H22F4N2O2. The first-order valence-electron chi connectivity index (χ1n) is 10.2. The third-order valence-electron chi connectivity index (χ3n) is 5.08. The van der Waals surface area contributed by atoms with Gasteiger partial charge < -0.3 is 10.6 Å². The topological polar surface area (TPSA) is 58.2 Å². The van der Waals surface area contributed by atoms with Gasteiger partial charge in [-0.3, -0.25) is 9.59 Å². The number of carbonyl (C=O) groups is 2. The van der Waals surface area contributed by atoms with Gasteiger partial charge in [-0.2, -0.15) is 13.2 Å². The summed E-state index contributed by atoms with van der Waals surface area (Å²) >= 11 is 0. The number of anilines is 2. The maximum Gasteiger partial charge on any atom is 0.418 e. The molecule has 3 rings (SSSR count). The van der Waals surface area contributed by atoms with Crippen LogP contribution >= 0.6 is 0 Å². The van der Waals surface area contributed by atoms with E-state index >= 15 is 0 Å². The van der Waals surface area contributed by atoms with Crippen molar-refractivity contribution in [3.8, 4) is 0 Å². The molecular weight excluding hydrogens is 436 g/mol. The summed E-state index contributed by atoms with van der Waals surface area (Å²) in [5.41, 5.74) is 1.55. The van der Waals surface area contributed by atoms with Crippen LogP contribution in [0.2, 0.25) is 0 Å². The second-order valence-corrected chi connectivity index (χ2v) is 7.70. The zero-order chi connectivity index (χ0) is 24.2. The molecule has 0 saturated heterocycles. The van der Waals surface area contributed by atoms with E-state index in [0.29, 0.717) is 6.42 Å². The Hall–Kier alpha value is -3.68. The van der Waals surface area contributed by atoms with Crippen molar-refractivity contribution in [2.45, 2.75) is 32.9 Å². The van der Waals surface area contributed by atoms with Crippen molar-refractivity contribution < 1.29 is 27.2 Å². The van der Waals surface area contributed by atoms with Crippen molar-refractivity contribution in [2.24, 2.45) is 0 Å². The first-order valence-corrected chi connectivity index (χ1v) is 10.2. The Labute approximate surface area is 188 Å². The molecule has 3 aromatic carbocycles. The smallest absolute Gasteiger partial charge is 0.325 e. The van der Waals surface area contributed by atoms with Crippen molar-refractivity contribution in [2.75, 3.05) is 10.6 Å². The molecule has 0 bridgehead atoms. The van der Waals surface area contributed by atoms with Gasteiger partial charge >= 0.3 is 6.18 Å². The van der Waals surface area contributed by atoms with Gasteiger partial charge in [-0.1, -0.05) is 23.8 Å². The molecule has 0 radical (unpaired) electrons. The molecule has 0 fully saturated rings. The van der Waals surface area contributed by atoms with Crippen LogP contribution in [0.15, 0.2) is 60.7 Å². The Morgan fingerprint density at radius 1 is 0.879 bits per heavy atom. The molecule has 0 spiro atoms. The molecule has 8 heteroatoms. The lowest BCUT2D eigenvalue weighted by molar-refractivity contribution is -0.136. The highest BCUT2D eigenvalue weighted by molar-refractivity contribution is 6.04. The minimum atomic E-state index is -4.76. The van der Waals surface area contributed by atoms with Crippen LogP contribution in [0.1, 0.15) is 39.0 Å². The van der Waals surface area contributed by atoms with E-state index < -0.39 is 35.1 Å². The summed E-state index contributed by atoms with van der Waals surface area (Å²) in [7, 11) is 0. The SMILES string of the molecule is Cc1ccc(CCC(=O)Nc2ccc(NC(=O)c3ccc(F)cc3)cc2C(F)(F)F)c(C)c1. The van der Waals surface area contributed by atoms with Gasteiger partial charge in [-0.25, -0.2) is 4.39 Å². The molecule has 4 nitrogen and oxygen atoms in total. The third-order valence-corrected chi connectivity index (χ3v) is 5.08. The number of halogens is 4. The highest BCUT2D eigenvalue weighted by Gasteiger charge is 2.34. The van der Waals surface area contributed by atoms with Gasteiger partial charge in [0.25, 0.3) is 5.91 Å². The third kappa shape index (κ3) is 6.41. The number of rotatable bonds is 6. The summed E-state index contributed by atoms with van der Waals surface area (Å²) in [6.07, 6.45) is -4.35. The Kier molecular flexibility index (Phi) is 7.16. The number of amides is 2. The highest BCUT2D eigenvalue weighted by Crippen LogP contribution is 2.37. The zero-order valence-electron chi connectivity index (χ0n) is 18.0. The van der Waals surface area contributed by atoms with Gasteiger partial charge in [-0.15, -0.1) is 0 Å². The summed E-state index contributed by atoms with van der Waals surface area (Å²) in [6, 6.07) is 13.5. The Balaban J connectivity index is 1.73. The van der Waals surface area contributed by atoms with E-state index in [1.165, 1.54) is 18.2 Å². The molecule has 3 aromatic rings. The Morgan fingerprint density at radius 3 is 2.21 bits per heavy atom. The molecule has 0 aliphatic rings. The molecule has 0 aliphatic heterocycles.